The monoisotopic (exact) mass is 286 g/mol. The summed E-state index contributed by atoms with van der Waals surface area (Å²) in [4.78, 5) is 22.6. The zero-order chi connectivity index (χ0) is 14.4. The number of hydrogen-bond donors (Lipinski definition) is 2. The minimum absolute atomic E-state index is 0.224. The molecule has 6 heteroatoms. The van der Waals surface area contributed by atoms with E-state index < -0.39 is 11.9 Å². The first-order chi connectivity index (χ1) is 8.95. The maximum atomic E-state index is 12.0. The molecule has 1 aromatic rings. The molecule has 0 bridgehead atoms. The van der Waals surface area contributed by atoms with Gasteiger partial charge in [-0.1, -0.05) is 25.4 Å². The van der Waals surface area contributed by atoms with Crippen LogP contribution in [-0.4, -0.2) is 28.1 Å². The van der Waals surface area contributed by atoms with Crippen molar-refractivity contribution in [3.63, 3.8) is 0 Å². The lowest BCUT2D eigenvalue weighted by Gasteiger charge is -2.10. The molecule has 0 radical (unpaired) electrons. The molecule has 5 nitrogen and oxygen atoms in total. The molecule has 0 aliphatic carbocycles. The number of nitrogens with one attached hydrogen (secondary N) is 1. The first kappa shape index (κ1) is 15.6. The summed E-state index contributed by atoms with van der Waals surface area (Å²) >= 11 is 5.89. The van der Waals surface area contributed by atoms with Gasteiger partial charge in [-0.3, -0.25) is 9.59 Å². The molecule has 1 unspecified atom stereocenters. The molecule has 0 aliphatic heterocycles. The number of aryl methyl sites for hydroxylation is 1. The number of carbonyl (C=O) groups excluding carboxylic acids is 1. The molecule has 1 amide bonds. The van der Waals surface area contributed by atoms with Crippen LogP contribution in [0.1, 0.15) is 37.2 Å². The number of carbonyl (C=O) groups is 2. The Morgan fingerprint density at radius 2 is 2.21 bits per heavy atom. The van der Waals surface area contributed by atoms with Crippen LogP contribution in [-0.2, 0) is 11.3 Å². The van der Waals surface area contributed by atoms with E-state index in [2.05, 4.69) is 5.32 Å². The quantitative estimate of drug-likeness (QED) is 0.808. The molecule has 2 N–H and O–H groups in total. The van der Waals surface area contributed by atoms with Crippen LogP contribution in [0.2, 0.25) is 5.02 Å². The third kappa shape index (κ3) is 4.59. The van der Waals surface area contributed by atoms with Crippen molar-refractivity contribution in [3.8, 4) is 0 Å². The van der Waals surface area contributed by atoms with Crippen LogP contribution < -0.4 is 5.32 Å². The van der Waals surface area contributed by atoms with Crippen LogP contribution in [0, 0.1) is 5.92 Å². The van der Waals surface area contributed by atoms with Crippen molar-refractivity contribution < 1.29 is 14.7 Å². The fraction of sp³-hybridized carbons (Fsp3) is 0.538. The van der Waals surface area contributed by atoms with Crippen LogP contribution in [0.4, 0.5) is 0 Å². The van der Waals surface area contributed by atoms with Crippen LogP contribution >= 0.6 is 11.6 Å². The van der Waals surface area contributed by atoms with Crippen molar-refractivity contribution >= 4 is 23.5 Å². The minimum Gasteiger partial charge on any atom is -0.481 e. The number of aromatic nitrogens is 1. The van der Waals surface area contributed by atoms with Gasteiger partial charge in [0.1, 0.15) is 5.69 Å². The summed E-state index contributed by atoms with van der Waals surface area (Å²) in [5, 5.41) is 12.0. The molecule has 0 spiro atoms. The molecular formula is C13H19ClN2O3. The van der Waals surface area contributed by atoms with Crippen molar-refractivity contribution in [2.75, 3.05) is 6.54 Å². The van der Waals surface area contributed by atoms with Gasteiger partial charge in [-0.2, -0.15) is 0 Å². The number of nitrogens with zero attached hydrogens (tertiary/aromatic N) is 1. The lowest BCUT2D eigenvalue weighted by Crippen LogP contribution is -2.28. The predicted octanol–water partition coefficient (Wildman–Crippen LogP) is 2.39. The van der Waals surface area contributed by atoms with Crippen molar-refractivity contribution in [1.82, 2.24) is 9.88 Å². The Morgan fingerprint density at radius 1 is 1.53 bits per heavy atom. The number of halogens is 1. The van der Waals surface area contributed by atoms with Gasteiger partial charge >= 0.3 is 5.97 Å². The van der Waals surface area contributed by atoms with E-state index in [1.54, 1.807) is 23.8 Å². The molecule has 0 saturated carbocycles. The summed E-state index contributed by atoms with van der Waals surface area (Å²) in [5.74, 6) is -1.55. The molecular weight excluding hydrogens is 268 g/mol. The van der Waals surface area contributed by atoms with Gasteiger partial charge in [-0.25, -0.2) is 0 Å². The zero-order valence-corrected chi connectivity index (χ0v) is 11.9. The molecule has 0 saturated heterocycles. The standard InChI is InChI=1S/C13H19ClN2O3/c1-3-6-16-8-10(14)7-11(16)12(17)15-5-4-9(2)13(18)19/h7-9H,3-6H2,1-2H3,(H,15,17)(H,18,19). The smallest absolute Gasteiger partial charge is 0.306 e. The highest BCUT2D eigenvalue weighted by molar-refractivity contribution is 6.31. The SMILES string of the molecule is CCCn1cc(Cl)cc1C(=O)NCCC(C)C(=O)O. The summed E-state index contributed by atoms with van der Waals surface area (Å²) in [6.45, 7) is 4.69. The van der Waals surface area contributed by atoms with Crippen LogP contribution in [0.25, 0.3) is 0 Å². The number of carboxylic acids is 1. The van der Waals surface area contributed by atoms with Crippen LogP contribution in [0.5, 0.6) is 0 Å². The molecule has 106 valence electrons. The second-order valence-corrected chi connectivity index (χ2v) is 4.96. The number of aliphatic carboxylic acids is 1. The second-order valence-electron chi connectivity index (χ2n) is 4.52. The average molecular weight is 287 g/mol. The topological polar surface area (TPSA) is 71.3 Å². The number of amides is 1. The number of carboxylic acid groups (broad SMARTS) is 1. The van der Waals surface area contributed by atoms with Crippen molar-refractivity contribution in [2.24, 2.45) is 5.92 Å². The van der Waals surface area contributed by atoms with Gasteiger partial charge in [0.25, 0.3) is 5.91 Å². The van der Waals surface area contributed by atoms with Crippen LogP contribution in [0.3, 0.4) is 0 Å². The number of hydrogen-bond acceptors (Lipinski definition) is 2. The Balaban J connectivity index is 2.56. The lowest BCUT2D eigenvalue weighted by molar-refractivity contribution is -0.141. The zero-order valence-electron chi connectivity index (χ0n) is 11.1. The molecule has 19 heavy (non-hydrogen) atoms. The van der Waals surface area contributed by atoms with E-state index in [-0.39, 0.29) is 5.91 Å². The third-order valence-electron chi connectivity index (χ3n) is 2.84. The van der Waals surface area contributed by atoms with E-state index >= 15 is 0 Å². The Morgan fingerprint density at radius 3 is 2.79 bits per heavy atom. The van der Waals surface area contributed by atoms with Crippen LogP contribution in [0.15, 0.2) is 12.3 Å². The van der Waals surface area contributed by atoms with Gasteiger partial charge in [0, 0.05) is 19.3 Å². The van der Waals surface area contributed by atoms with E-state index in [0.717, 1.165) is 13.0 Å². The molecule has 1 rings (SSSR count). The maximum Gasteiger partial charge on any atom is 0.306 e. The number of rotatable bonds is 7. The van der Waals surface area contributed by atoms with Gasteiger partial charge in [0.15, 0.2) is 0 Å². The molecule has 0 aliphatic rings. The normalized spacial score (nSPS) is 12.2. The first-order valence-corrected chi connectivity index (χ1v) is 6.70. The molecule has 1 atom stereocenters. The first-order valence-electron chi connectivity index (χ1n) is 6.32. The second kappa shape index (κ2) is 7.19. The lowest BCUT2D eigenvalue weighted by atomic mass is 10.1. The summed E-state index contributed by atoms with van der Waals surface area (Å²) in [7, 11) is 0. The Kier molecular flexibility index (Phi) is 5.89. The van der Waals surface area contributed by atoms with Gasteiger partial charge in [0.05, 0.1) is 10.9 Å². The maximum absolute atomic E-state index is 12.0. The molecule has 1 heterocycles. The molecule has 1 aromatic heterocycles. The van der Waals surface area contributed by atoms with E-state index in [9.17, 15) is 9.59 Å². The summed E-state index contributed by atoms with van der Waals surface area (Å²) < 4.78 is 1.80. The van der Waals surface area contributed by atoms with E-state index in [0.29, 0.717) is 23.7 Å². The highest BCUT2D eigenvalue weighted by Crippen LogP contribution is 2.14. The largest absolute Gasteiger partial charge is 0.481 e. The van der Waals surface area contributed by atoms with Crippen molar-refractivity contribution in [2.45, 2.75) is 33.2 Å². The van der Waals surface area contributed by atoms with Gasteiger partial charge in [-0.05, 0) is 18.9 Å². The average Bonchev–Trinajstić information content (AvgIpc) is 2.70. The minimum atomic E-state index is -0.855. The summed E-state index contributed by atoms with van der Waals surface area (Å²) in [5.41, 5.74) is 0.509. The molecule has 0 fully saturated rings. The van der Waals surface area contributed by atoms with Crippen molar-refractivity contribution in [1.29, 1.82) is 0 Å². The van der Waals surface area contributed by atoms with Crippen molar-refractivity contribution in [3.05, 3.63) is 23.0 Å². The fourth-order valence-electron chi connectivity index (χ4n) is 1.71. The molecule has 0 aromatic carbocycles. The van der Waals surface area contributed by atoms with Gasteiger partial charge in [-0.15, -0.1) is 0 Å². The van der Waals surface area contributed by atoms with E-state index in [1.807, 2.05) is 6.92 Å². The Labute approximate surface area is 117 Å². The predicted molar refractivity (Wildman–Crippen MR) is 73.5 cm³/mol. The highest BCUT2D eigenvalue weighted by atomic mass is 35.5. The highest BCUT2D eigenvalue weighted by Gasteiger charge is 2.14. The van der Waals surface area contributed by atoms with Gasteiger partial charge in [0.2, 0.25) is 0 Å². The fourth-order valence-corrected chi connectivity index (χ4v) is 1.93. The third-order valence-corrected chi connectivity index (χ3v) is 3.05. The Hall–Kier alpha value is -1.49. The summed E-state index contributed by atoms with van der Waals surface area (Å²) in [6.07, 6.45) is 3.03. The summed E-state index contributed by atoms with van der Waals surface area (Å²) in [6, 6.07) is 1.62. The van der Waals surface area contributed by atoms with Gasteiger partial charge < -0.3 is 15.0 Å². The Bertz CT molecular complexity index is 457. The van der Waals surface area contributed by atoms with E-state index in [4.69, 9.17) is 16.7 Å². The van der Waals surface area contributed by atoms with E-state index in [1.165, 1.54) is 0 Å².